The summed E-state index contributed by atoms with van der Waals surface area (Å²) in [6.45, 7) is 0. The van der Waals surface area contributed by atoms with Crippen molar-refractivity contribution in [3.8, 4) is 0 Å². The number of hydrogen-bond acceptors (Lipinski definition) is 3. The van der Waals surface area contributed by atoms with E-state index in [2.05, 4.69) is 5.18 Å². The van der Waals surface area contributed by atoms with E-state index in [1.165, 1.54) is 0 Å². The molecule has 0 aromatic heterocycles. The minimum absolute atomic E-state index is 0.499. The zero-order valence-corrected chi connectivity index (χ0v) is 6.34. The van der Waals surface area contributed by atoms with Crippen molar-refractivity contribution < 1.29 is 5.11 Å². The number of nitrogens with zero attached hydrogens (tertiary/aromatic N) is 1. The summed E-state index contributed by atoms with van der Waals surface area (Å²) < 4.78 is 0. The first-order chi connectivity index (χ1) is 4.69. The fraction of sp³-hybridized carbons (Fsp3) is 1.00. The van der Waals surface area contributed by atoms with Gasteiger partial charge in [0, 0.05) is 0 Å². The third-order valence-corrected chi connectivity index (χ3v) is 2.43. The molecule has 0 aliphatic heterocycles. The molecule has 10 heavy (non-hydrogen) atoms. The summed E-state index contributed by atoms with van der Waals surface area (Å²) >= 11 is 5.68. The molecule has 0 saturated heterocycles. The lowest BCUT2D eigenvalue weighted by atomic mass is 9.93. The van der Waals surface area contributed by atoms with Crippen molar-refractivity contribution in [2.75, 3.05) is 0 Å². The van der Waals surface area contributed by atoms with Gasteiger partial charge in [0.05, 0.1) is 6.10 Å². The molecule has 58 valence electrons. The highest BCUT2D eigenvalue weighted by Crippen LogP contribution is 2.35. The van der Waals surface area contributed by atoms with E-state index in [1.807, 2.05) is 0 Å². The summed E-state index contributed by atoms with van der Waals surface area (Å²) in [5.74, 6) is 0. The van der Waals surface area contributed by atoms with Gasteiger partial charge in [-0.3, -0.25) is 0 Å². The van der Waals surface area contributed by atoms with Crippen molar-refractivity contribution in [2.24, 2.45) is 5.18 Å². The normalized spacial score (nSPS) is 41.2. The van der Waals surface area contributed by atoms with Gasteiger partial charge in [0.15, 0.2) is 0 Å². The zero-order valence-electron chi connectivity index (χ0n) is 5.59. The minimum Gasteiger partial charge on any atom is -0.389 e. The lowest BCUT2D eigenvalue weighted by Gasteiger charge is -2.29. The molecule has 1 N–H and O–H groups in total. The van der Waals surface area contributed by atoms with Crippen LogP contribution in [0.3, 0.4) is 0 Å². The Kier molecular flexibility index (Phi) is 2.26. The molecule has 3 nitrogen and oxygen atoms in total. The number of rotatable bonds is 1. The predicted octanol–water partition coefficient (Wildman–Crippen LogP) is 1.62. The average Bonchev–Trinajstić information content (AvgIpc) is 1.96. The van der Waals surface area contributed by atoms with Gasteiger partial charge in [-0.25, -0.2) is 0 Å². The first kappa shape index (κ1) is 7.95. The van der Waals surface area contributed by atoms with E-state index in [4.69, 9.17) is 11.6 Å². The summed E-state index contributed by atoms with van der Waals surface area (Å²) in [5.41, 5.74) is 0. The van der Waals surface area contributed by atoms with Crippen LogP contribution < -0.4 is 0 Å². The van der Waals surface area contributed by atoms with Gasteiger partial charge in [-0.2, -0.15) is 0 Å². The third-order valence-electron chi connectivity index (χ3n) is 1.92. The molecule has 1 aliphatic rings. The number of aliphatic hydroxyl groups is 1. The summed E-state index contributed by atoms with van der Waals surface area (Å²) in [6, 6.07) is 0. The summed E-state index contributed by atoms with van der Waals surface area (Å²) in [5, 5.41) is 11.9. The van der Waals surface area contributed by atoms with Gasteiger partial charge in [-0.15, -0.1) is 4.91 Å². The van der Waals surface area contributed by atoms with Gasteiger partial charge in [0.1, 0.15) is 0 Å². The average molecular weight is 164 g/mol. The fourth-order valence-corrected chi connectivity index (χ4v) is 1.45. The van der Waals surface area contributed by atoms with Crippen molar-refractivity contribution in [1.82, 2.24) is 0 Å². The smallest absolute Gasteiger partial charge is 0.201 e. The highest BCUT2D eigenvalue weighted by molar-refractivity contribution is 6.24. The van der Waals surface area contributed by atoms with Crippen molar-refractivity contribution in [3.05, 3.63) is 4.91 Å². The van der Waals surface area contributed by atoms with E-state index in [9.17, 15) is 10.0 Å². The van der Waals surface area contributed by atoms with Crippen LogP contribution in [-0.4, -0.2) is 16.2 Å². The number of nitroso groups, excluding NO2 is 1. The molecule has 0 aromatic rings. The van der Waals surface area contributed by atoms with Gasteiger partial charge >= 0.3 is 0 Å². The molecule has 0 spiro atoms. The minimum atomic E-state index is -1.22. The summed E-state index contributed by atoms with van der Waals surface area (Å²) in [7, 11) is 0. The maximum Gasteiger partial charge on any atom is 0.201 e. The van der Waals surface area contributed by atoms with Crippen molar-refractivity contribution in [1.29, 1.82) is 0 Å². The maximum atomic E-state index is 10.2. The molecule has 1 rings (SSSR count). The fourth-order valence-electron chi connectivity index (χ4n) is 1.20. The van der Waals surface area contributed by atoms with E-state index in [0.29, 0.717) is 12.8 Å². The van der Waals surface area contributed by atoms with E-state index >= 15 is 0 Å². The standard InChI is InChI=1S/C6H10ClNO2/c7-6(8-10)4-2-1-3-5(6)9/h5,9H,1-4H2. The van der Waals surface area contributed by atoms with Crippen LogP contribution >= 0.6 is 11.6 Å². The van der Waals surface area contributed by atoms with E-state index in [-0.39, 0.29) is 0 Å². The van der Waals surface area contributed by atoms with Gasteiger partial charge < -0.3 is 5.11 Å². The van der Waals surface area contributed by atoms with Crippen LogP contribution in [0.15, 0.2) is 5.18 Å². The highest BCUT2D eigenvalue weighted by atomic mass is 35.5. The van der Waals surface area contributed by atoms with Gasteiger partial charge in [-0.05, 0) is 24.4 Å². The first-order valence-electron chi connectivity index (χ1n) is 3.40. The van der Waals surface area contributed by atoms with Crippen LogP contribution in [-0.2, 0) is 0 Å². The molecular weight excluding hydrogens is 154 g/mol. The summed E-state index contributed by atoms with van der Waals surface area (Å²) in [4.78, 5) is 8.93. The summed E-state index contributed by atoms with van der Waals surface area (Å²) in [6.07, 6.45) is 2.16. The van der Waals surface area contributed by atoms with E-state index in [0.717, 1.165) is 12.8 Å². The SMILES string of the molecule is O=NC1(Cl)CCCCC1O. The largest absolute Gasteiger partial charge is 0.389 e. The number of alkyl halides is 1. The van der Waals surface area contributed by atoms with Crippen LogP contribution in [0, 0.1) is 4.91 Å². The maximum absolute atomic E-state index is 10.2. The Morgan fingerprint density at radius 3 is 2.70 bits per heavy atom. The quantitative estimate of drug-likeness (QED) is 0.363. The Morgan fingerprint density at radius 1 is 1.60 bits per heavy atom. The second-order valence-corrected chi connectivity index (χ2v) is 3.33. The van der Waals surface area contributed by atoms with Crippen molar-refractivity contribution in [3.63, 3.8) is 0 Å². The molecule has 2 atom stereocenters. The van der Waals surface area contributed by atoms with Gasteiger partial charge in [0.2, 0.25) is 5.00 Å². The van der Waals surface area contributed by atoms with E-state index < -0.39 is 11.1 Å². The topological polar surface area (TPSA) is 49.7 Å². The third kappa shape index (κ3) is 1.30. The molecule has 1 saturated carbocycles. The Hall–Kier alpha value is -0.150. The molecule has 1 fully saturated rings. The first-order valence-corrected chi connectivity index (χ1v) is 3.78. The Balaban J connectivity index is 2.62. The number of aliphatic hydroxyl groups excluding tert-OH is 1. The van der Waals surface area contributed by atoms with Gasteiger partial charge in [0.25, 0.3) is 0 Å². The lowest BCUT2D eigenvalue weighted by molar-refractivity contribution is 0.0896. The van der Waals surface area contributed by atoms with E-state index in [1.54, 1.807) is 0 Å². The Bertz CT molecular complexity index is 142. The highest BCUT2D eigenvalue weighted by Gasteiger charge is 2.39. The van der Waals surface area contributed by atoms with Crippen molar-refractivity contribution in [2.45, 2.75) is 36.8 Å². The Labute approximate surface area is 64.4 Å². The van der Waals surface area contributed by atoms with Crippen LogP contribution in [0.4, 0.5) is 0 Å². The molecule has 0 radical (unpaired) electrons. The molecule has 0 heterocycles. The molecular formula is C6H10ClNO2. The second kappa shape index (κ2) is 2.84. The van der Waals surface area contributed by atoms with Crippen molar-refractivity contribution >= 4 is 11.6 Å². The van der Waals surface area contributed by atoms with Crippen LogP contribution in [0.2, 0.25) is 0 Å². The molecule has 1 aliphatic carbocycles. The Morgan fingerprint density at radius 2 is 2.30 bits per heavy atom. The molecule has 0 amide bonds. The van der Waals surface area contributed by atoms with Crippen LogP contribution in [0.25, 0.3) is 0 Å². The zero-order chi connectivity index (χ0) is 7.61. The van der Waals surface area contributed by atoms with Crippen LogP contribution in [0.1, 0.15) is 25.7 Å². The van der Waals surface area contributed by atoms with Crippen LogP contribution in [0.5, 0.6) is 0 Å². The molecule has 0 aromatic carbocycles. The molecule has 2 unspecified atom stereocenters. The number of halogens is 1. The monoisotopic (exact) mass is 163 g/mol. The number of hydrogen-bond donors (Lipinski definition) is 1. The molecule has 4 heteroatoms. The lowest BCUT2D eigenvalue weighted by Crippen LogP contribution is -2.37. The predicted molar refractivity (Wildman–Crippen MR) is 38.9 cm³/mol. The second-order valence-electron chi connectivity index (χ2n) is 2.67. The van der Waals surface area contributed by atoms with Gasteiger partial charge in [-0.1, -0.05) is 18.0 Å². The molecule has 0 bridgehead atoms.